The Kier molecular flexibility index (Phi) is 3.70. The molecule has 1 aromatic heterocycles. The summed E-state index contributed by atoms with van der Waals surface area (Å²) in [5, 5.41) is 9.58. The largest absolute Gasteiger partial charge is 0.321 e. The van der Waals surface area contributed by atoms with Crippen LogP contribution in [0.5, 0.6) is 0 Å². The number of amides is 1. The van der Waals surface area contributed by atoms with E-state index in [2.05, 4.69) is 5.32 Å². The number of carbonyl (C=O) groups excluding carboxylic acids is 1. The van der Waals surface area contributed by atoms with E-state index in [4.69, 9.17) is 5.14 Å². The standard InChI is InChI=1S/C12H12N2O3S2/c1-8-7-9(19(13,16)17)4-5-10(8)14-12(15)11-3-2-6-18-11/h2-7H,1H3,(H,14,15)(H2,13,16,17). The van der Waals surface area contributed by atoms with Gasteiger partial charge in [-0.05, 0) is 42.1 Å². The topological polar surface area (TPSA) is 89.3 Å². The van der Waals surface area contributed by atoms with E-state index >= 15 is 0 Å². The zero-order valence-electron chi connectivity index (χ0n) is 10.1. The van der Waals surface area contributed by atoms with Gasteiger partial charge < -0.3 is 5.32 Å². The van der Waals surface area contributed by atoms with Crippen LogP contribution in [0, 0.1) is 6.92 Å². The van der Waals surface area contributed by atoms with E-state index in [0.717, 1.165) is 0 Å². The third-order valence-corrected chi connectivity index (χ3v) is 4.30. The average molecular weight is 296 g/mol. The van der Waals surface area contributed by atoms with Crippen LogP contribution in [0.4, 0.5) is 5.69 Å². The number of hydrogen-bond donors (Lipinski definition) is 2. The fraction of sp³-hybridized carbons (Fsp3) is 0.0833. The maximum absolute atomic E-state index is 11.9. The van der Waals surface area contributed by atoms with Crippen molar-refractivity contribution in [3.63, 3.8) is 0 Å². The minimum atomic E-state index is -3.72. The first-order valence-corrected chi connectivity index (χ1v) is 7.79. The van der Waals surface area contributed by atoms with Crippen LogP contribution < -0.4 is 10.5 Å². The molecule has 0 atom stereocenters. The number of anilines is 1. The summed E-state index contributed by atoms with van der Waals surface area (Å²) < 4.78 is 22.4. The van der Waals surface area contributed by atoms with E-state index < -0.39 is 10.0 Å². The fourth-order valence-electron chi connectivity index (χ4n) is 1.55. The lowest BCUT2D eigenvalue weighted by Crippen LogP contribution is -2.14. The molecule has 1 aromatic carbocycles. The average Bonchev–Trinajstić information content (AvgIpc) is 2.84. The molecule has 100 valence electrons. The first kappa shape index (κ1) is 13.7. The summed E-state index contributed by atoms with van der Waals surface area (Å²) in [5.74, 6) is -0.221. The summed E-state index contributed by atoms with van der Waals surface area (Å²) in [6.45, 7) is 1.71. The Morgan fingerprint density at radius 2 is 2.05 bits per heavy atom. The highest BCUT2D eigenvalue weighted by atomic mass is 32.2. The molecule has 19 heavy (non-hydrogen) atoms. The van der Waals surface area contributed by atoms with Crippen molar-refractivity contribution in [3.8, 4) is 0 Å². The zero-order valence-corrected chi connectivity index (χ0v) is 11.7. The van der Waals surface area contributed by atoms with Gasteiger partial charge in [-0.3, -0.25) is 4.79 Å². The van der Waals surface area contributed by atoms with Crippen LogP contribution >= 0.6 is 11.3 Å². The Morgan fingerprint density at radius 3 is 2.58 bits per heavy atom. The van der Waals surface area contributed by atoms with Crippen molar-refractivity contribution >= 4 is 33.0 Å². The highest BCUT2D eigenvalue weighted by Crippen LogP contribution is 2.20. The molecule has 2 aromatic rings. The number of nitrogens with one attached hydrogen (secondary N) is 1. The van der Waals surface area contributed by atoms with E-state index in [1.165, 1.54) is 29.5 Å². The molecule has 0 spiro atoms. The molecule has 5 nitrogen and oxygen atoms in total. The number of thiophene rings is 1. The van der Waals surface area contributed by atoms with Gasteiger partial charge in [0.05, 0.1) is 9.77 Å². The first-order chi connectivity index (χ1) is 8.88. The Morgan fingerprint density at radius 1 is 1.32 bits per heavy atom. The Labute approximate surface area is 115 Å². The molecule has 1 amide bonds. The molecule has 0 bridgehead atoms. The summed E-state index contributed by atoms with van der Waals surface area (Å²) in [6.07, 6.45) is 0. The van der Waals surface area contributed by atoms with Crippen LogP contribution in [-0.2, 0) is 10.0 Å². The van der Waals surface area contributed by atoms with Gasteiger partial charge in [-0.15, -0.1) is 11.3 Å². The molecule has 0 radical (unpaired) electrons. The fourth-order valence-corrected chi connectivity index (χ4v) is 2.76. The molecule has 0 aliphatic carbocycles. The van der Waals surface area contributed by atoms with Gasteiger partial charge in [0.15, 0.2) is 0 Å². The van der Waals surface area contributed by atoms with Crippen LogP contribution in [0.1, 0.15) is 15.2 Å². The third kappa shape index (κ3) is 3.19. The van der Waals surface area contributed by atoms with E-state index in [9.17, 15) is 13.2 Å². The molecule has 2 rings (SSSR count). The van der Waals surface area contributed by atoms with Crippen molar-refractivity contribution in [3.05, 3.63) is 46.2 Å². The molecule has 0 aliphatic rings. The lowest BCUT2D eigenvalue weighted by Gasteiger charge is -2.08. The van der Waals surface area contributed by atoms with Crippen LogP contribution in [-0.4, -0.2) is 14.3 Å². The summed E-state index contributed by atoms with van der Waals surface area (Å²) in [6, 6.07) is 7.83. The normalized spacial score (nSPS) is 11.3. The molecule has 1 heterocycles. The highest BCUT2D eigenvalue weighted by molar-refractivity contribution is 7.89. The van der Waals surface area contributed by atoms with Gasteiger partial charge in [-0.2, -0.15) is 0 Å². The zero-order chi connectivity index (χ0) is 14.0. The van der Waals surface area contributed by atoms with Crippen molar-refractivity contribution < 1.29 is 13.2 Å². The van der Waals surface area contributed by atoms with Gasteiger partial charge in [0.2, 0.25) is 10.0 Å². The number of sulfonamides is 1. The van der Waals surface area contributed by atoms with E-state index in [1.54, 1.807) is 19.1 Å². The van der Waals surface area contributed by atoms with Crippen molar-refractivity contribution in [1.82, 2.24) is 0 Å². The van der Waals surface area contributed by atoms with Crippen LogP contribution in [0.3, 0.4) is 0 Å². The SMILES string of the molecule is Cc1cc(S(N)(=O)=O)ccc1NC(=O)c1cccs1. The Bertz CT molecular complexity index is 707. The van der Waals surface area contributed by atoms with Crippen molar-refractivity contribution in [1.29, 1.82) is 0 Å². The molecule has 0 saturated heterocycles. The molecular weight excluding hydrogens is 284 g/mol. The maximum Gasteiger partial charge on any atom is 0.265 e. The molecule has 0 unspecified atom stereocenters. The maximum atomic E-state index is 11.9. The van der Waals surface area contributed by atoms with Crippen LogP contribution in [0.15, 0.2) is 40.6 Å². The molecule has 0 saturated carbocycles. The molecule has 0 fully saturated rings. The van der Waals surface area contributed by atoms with Gasteiger partial charge in [0, 0.05) is 5.69 Å². The first-order valence-electron chi connectivity index (χ1n) is 5.36. The monoisotopic (exact) mass is 296 g/mol. The quantitative estimate of drug-likeness (QED) is 0.907. The second kappa shape index (κ2) is 5.12. The minimum Gasteiger partial charge on any atom is -0.321 e. The second-order valence-corrected chi connectivity index (χ2v) is 6.46. The number of rotatable bonds is 3. The van der Waals surface area contributed by atoms with E-state index in [-0.39, 0.29) is 10.8 Å². The summed E-state index contributed by atoms with van der Waals surface area (Å²) in [4.78, 5) is 12.5. The number of primary sulfonamides is 1. The van der Waals surface area contributed by atoms with Crippen LogP contribution in [0.25, 0.3) is 0 Å². The van der Waals surface area contributed by atoms with Crippen molar-refractivity contribution in [2.75, 3.05) is 5.32 Å². The third-order valence-electron chi connectivity index (χ3n) is 2.52. The van der Waals surface area contributed by atoms with E-state index in [0.29, 0.717) is 16.1 Å². The lowest BCUT2D eigenvalue weighted by molar-refractivity contribution is 0.103. The number of nitrogens with two attached hydrogens (primary N) is 1. The Hall–Kier alpha value is -1.70. The van der Waals surface area contributed by atoms with Gasteiger partial charge in [0.1, 0.15) is 0 Å². The minimum absolute atomic E-state index is 0.0270. The highest BCUT2D eigenvalue weighted by Gasteiger charge is 2.12. The smallest absolute Gasteiger partial charge is 0.265 e. The Balaban J connectivity index is 2.25. The van der Waals surface area contributed by atoms with Crippen molar-refractivity contribution in [2.24, 2.45) is 5.14 Å². The van der Waals surface area contributed by atoms with Gasteiger partial charge >= 0.3 is 0 Å². The van der Waals surface area contributed by atoms with Crippen molar-refractivity contribution in [2.45, 2.75) is 11.8 Å². The molecule has 3 N–H and O–H groups in total. The summed E-state index contributed by atoms with van der Waals surface area (Å²) in [5.41, 5.74) is 1.20. The van der Waals surface area contributed by atoms with Gasteiger partial charge in [-0.1, -0.05) is 6.07 Å². The van der Waals surface area contributed by atoms with E-state index in [1.807, 2.05) is 5.38 Å². The lowest BCUT2D eigenvalue weighted by atomic mass is 10.2. The summed E-state index contributed by atoms with van der Waals surface area (Å²) in [7, 11) is -3.72. The molecular formula is C12H12N2O3S2. The summed E-state index contributed by atoms with van der Waals surface area (Å²) >= 11 is 1.34. The number of aryl methyl sites for hydroxylation is 1. The molecule has 7 heteroatoms. The predicted octanol–water partition coefficient (Wildman–Crippen LogP) is 1.96. The van der Waals surface area contributed by atoms with Gasteiger partial charge in [0.25, 0.3) is 5.91 Å². The second-order valence-electron chi connectivity index (χ2n) is 3.95. The van der Waals surface area contributed by atoms with Crippen LogP contribution in [0.2, 0.25) is 0 Å². The molecule has 0 aliphatic heterocycles. The number of carbonyl (C=O) groups is 1. The number of benzene rings is 1. The van der Waals surface area contributed by atoms with Gasteiger partial charge in [-0.25, -0.2) is 13.6 Å². The predicted molar refractivity (Wildman–Crippen MR) is 74.8 cm³/mol. The number of hydrogen-bond acceptors (Lipinski definition) is 4.